The second-order valence-corrected chi connectivity index (χ2v) is 6.51. The summed E-state index contributed by atoms with van der Waals surface area (Å²) < 4.78 is 5.51. The molecule has 3 heteroatoms. The van der Waals surface area contributed by atoms with Crippen LogP contribution in [-0.4, -0.2) is 42.4 Å². The standard InChI is InChI=1S/C18H27NO2/c1-14(16-7-3-5-9-18(16)20)15-6-2-4-8-17(15)19-10-12-21-13-11-19/h3,5,7,9,14-15,17,20H,2,4,6,8,10-13H2,1H3/t14-,15-,17+/m1/s1. The number of hydrogen-bond donors (Lipinski definition) is 1. The predicted octanol–water partition coefficient (Wildman–Crippen LogP) is 3.39. The van der Waals surface area contributed by atoms with Crippen molar-refractivity contribution in [2.75, 3.05) is 26.3 Å². The Morgan fingerprint density at radius 1 is 1.14 bits per heavy atom. The van der Waals surface area contributed by atoms with Crippen molar-refractivity contribution in [1.82, 2.24) is 4.90 Å². The molecule has 0 radical (unpaired) electrons. The van der Waals surface area contributed by atoms with Crippen molar-refractivity contribution in [2.45, 2.75) is 44.6 Å². The van der Waals surface area contributed by atoms with E-state index in [-0.39, 0.29) is 0 Å². The van der Waals surface area contributed by atoms with Crippen LogP contribution >= 0.6 is 0 Å². The van der Waals surface area contributed by atoms with Crippen LogP contribution in [0.4, 0.5) is 0 Å². The Hall–Kier alpha value is -1.06. The zero-order chi connectivity index (χ0) is 14.7. The van der Waals surface area contributed by atoms with E-state index in [0.29, 0.717) is 23.6 Å². The zero-order valence-electron chi connectivity index (χ0n) is 13.0. The monoisotopic (exact) mass is 289 g/mol. The minimum atomic E-state index is 0.416. The van der Waals surface area contributed by atoms with Crippen LogP contribution in [0.3, 0.4) is 0 Å². The van der Waals surface area contributed by atoms with E-state index in [2.05, 4.69) is 17.9 Å². The highest BCUT2D eigenvalue weighted by atomic mass is 16.5. The first kappa shape index (κ1) is 14.9. The molecule has 3 atom stereocenters. The molecule has 21 heavy (non-hydrogen) atoms. The van der Waals surface area contributed by atoms with E-state index in [9.17, 15) is 5.11 Å². The number of para-hydroxylation sites is 1. The first-order chi connectivity index (χ1) is 10.3. The Morgan fingerprint density at radius 2 is 1.86 bits per heavy atom. The van der Waals surface area contributed by atoms with Crippen LogP contribution in [0.2, 0.25) is 0 Å². The van der Waals surface area contributed by atoms with Gasteiger partial charge in [-0.15, -0.1) is 0 Å². The summed E-state index contributed by atoms with van der Waals surface area (Å²) in [6.07, 6.45) is 5.23. The zero-order valence-corrected chi connectivity index (χ0v) is 13.0. The van der Waals surface area contributed by atoms with Gasteiger partial charge in [-0.2, -0.15) is 0 Å². The van der Waals surface area contributed by atoms with Gasteiger partial charge < -0.3 is 9.84 Å². The lowest BCUT2D eigenvalue weighted by molar-refractivity contribution is -0.0109. The maximum Gasteiger partial charge on any atom is 0.119 e. The number of aromatic hydroxyl groups is 1. The highest BCUT2D eigenvalue weighted by molar-refractivity contribution is 5.35. The Bertz CT molecular complexity index is 456. The number of morpholine rings is 1. The molecule has 3 rings (SSSR count). The van der Waals surface area contributed by atoms with E-state index in [4.69, 9.17) is 4.74 Å². The largest absolute Gasteiger partial charge is 0.508 e. The van der Waals surface area contributed by atoms with Crippen molar-refractivity contribution in [3.63, 3.8) is 0 Å². The molecule has 0 bridgehead atoms. The Balaban J connectivity index is 1.78. The van der Waals surface area contributed by atoms with Crippen LogP contribution in [-0.2, 0) is 4.74 Å². The summed E-state index contributed by atoms with van der Waals surface area (Å²) in [7, 11) is 0. The summed E-state index contributed by atoms with van der Waals surface area (Å²) in [6.45, 7) is 6.16. The highest BCUT2D eigenvalue weighted by Gasteiger charge is 2.35. The SMILES string of the molecule is C[C@@H](c1ccccc1O)[C@H]1CCCC[C@@H]1N1CCOCC1. The van der Waals surface area contributed by atoms with Gasteiger partial charge in [-0.1, -0.05) is 38.0 Å². The molecule has 0 aromatic heterocycles. The molecule has 1 saturated heterocycles. The molecule has 2 aliphatic rings. The lowest BCUT2D eigenvalue weighted by Crippen LogP contribution is -2.49. The third kappa shape index (κ3) is 3.24. The summed E-state index contributed by atoms with van der Waals surface area (Å²) in [5.41, 5.74) is 1.11. The summed E-state index contributed by atoms with van der Waals surface area (Å²) in [5.74, 6) is 1.51. The minimum absolute atomic E-state index is 0.416. The number of phenols is 1. The van der Waals surface area contributed by atoms with Gasteiger partial charge >= 0.3 is 0 Å². The van der Waals surface area contributed by atoms with E-state index in [1.165, 1.54) is 25.7 Å². The molecule has 2 fully saturated rings. The van der Waals surface area contributed by atoms with Crippen LogP contribution in [0.1, 0.15) is 44.1 Å². The maximum atomic E-state index is 10.2. The van der Waals surface area contributed by atoms with Crippen molar-refractivity contribution >= 4 is 0 Å². The van der Waals surface area contributed by atoms with Gasteiger partial charge in [0.15, 0.2) is 0 Å². The second-order valence-electron chi connectivity index (χ2n) is 6.51. The predicted molar refractivity (Wildman–Crippen MR) is 84.7 cm³/mol. The van der Waals surface area contributed by atoms with E-state index in [0.717, 1.165) is 31.9 Å². The Morgan fingerprint density at radius 3 is 2.62 bits per heavy atom. The molecular formula is C18H27NO2. The van der Waals surface area contributed by atoms with Crippen molar-refractivity contribution in [1.29, 1.82) is 0 Å². The van der Waals surface area contributed by atoms with E-state index >= 15 is 0 Å². The molecule has 0 spiro atoms. The molecule has 0 unspecified atom stereocenters. The first-order valence-corrected chi connectivity index (χ1v) is 8.37. The summed E-state index contributed by atoms with van der Waals surface area (Å²) in [6, 6.07) is 8.50. The van der Waals surface area contributed by atoms with E-state index in [1.807, 2.05) is 18.2 Å². The van der Waals surface area contributed by atoms with Gasteiger partial charge in [0.05, 0.1) is 13.2 Å². The third-order valence-corrected chi connectivity index (χ3v) is 5.37. The van der Waals surface area contributed by atoms with Crippen LogP contribution in [0.5, 0.6) is 5.75 Å². The second kappa shape index (κ2) is 6.80. The molecule has 1 aromatic carbocycles. The summed E-state index contributed by atoms with van der Waals surface area (Å²) >= 11 is 0. The number of hydrogen-bond acceptors (Lipinski definition) is 3. The number of rotatable bonds is 3. The number of phenolic OH excluding ortho intramolecular Hbond substituents is 1. The molecule has 1 aliphatic heterocycles. The van der Waals surface area contributed by atoms with Crippen LogP contribution in [0, 0.1) is 5.92 Å². The van der Waals surface area contributed by atoms with Crippen LogP contribution in [0.25, 0.3) is 0 Å². The molecular weight excluding hydrogens is 262 g/mol. The van der Waals surface area contributed by atoms with Crippen molar-refractivity contribution < 1.29 is 9.84 Å². The normalized spacial score (nSPS) is 29.2. The number of benzene rings is 1. The van der Waals surface area contributed by atoms with Gasteiger partial charge in [-0.25, -0.2) is 0 Å². The molecule has 0 amide bonds. The fraction of sp³-hybridized carbons (Fsp3) is 0.667. The lowest BCUT2D eigenvalue weighted by atomic mass is 9.73. The molecule has 1 saturated carbocycles. The molecule has 1 aliphatic carbocycles. The maximum absolute atomic E-state index is 10.2. The summed E-state index contributed by atoms with van der Waals surface area (Å²) in [4.78, 5) is 2.63. The van der Waals surface area contributed by atoms with Crippen molar-refractivity contribution in [3.05, 3.63) is 29.8 Å². The average Bonchev–Trinajstić information content (AvgIpc) is 2.55. The Kier molecular flexibility index (Phi) is 4.81. The topological polar surface area (TPSA) is 32.7 Å². The third-order valence-electron chi connectivity index (χ3n) is 5.37. The molecule has 1 aromatic rings. The van der Waals surface area contributed by atoms with Gasteiger partial charge in [0.2, 0.25) is 0 Å². The fourth-order valence-electron chi connectivity index (χ4n) is 4.19. The Labute approximate surface area is 127 Å². The highest BCUT2D eigenvalue weighted by Crippen LogP contribution is 2.41. The van der Waals surface area contributed by atoms with Gasteiger partial charge in [0.1, 0.15) is 5.75 Å². The first-order valence-electron chi connectivity index (χ1n) is 8.37. The molecule has 3 nitrogen and oxygen atoms in total. The lowest BCUT2D eigenvalue weighted by Gasteiger charge is -2.44. The smallest absolute Gasteiger partial charge is 0.119 e. The van der Waals surface area contributed by atoms with Gasteiger partial charge in [0, 0.05) is 19.1 Å². The van der Waals surface area contributed by atoms with Gasteiger partial charge in [-0.3, -0.25) is 4.90 Å². The quantitative estimate of drug-likeness (QED) is 0.926. The van der Waals surface area contributed by atoms with Gasteiger partial charge in [0.25, 0.3) is 0 Å². The molecule has 1 heterocycles. The number of nitrogens with zero attached hydrogens (tertiary/aromatic N) is 1. The van der Waals surface area contributed by atoms with E-state index in [1.54, 1.807) is 0 Å². The van der Waals surface area contributed by atoms with Crippen molar-refractivity contribution in [3.8, 4) is 5.75 Å². The molecule has 1 N–H and O–H groups in total. The van der Waals surface area contributed by atoms with Crippen LogP contribution in [0.15, 0.2) is 24.3 Å². The average molecular weight is 289 g/mol. The molecule has 116 valence electrons. The van der Waals surface area contributed by atoms with E-state index < -0.39 is 0 Å². The fourth-order valence-corrected chi connectivity index (χ4v) is 4.19. The number of ether oxygens (including phenoxy) is 1. The van der Waals surface area contributed by atoms with Gasteiger partial charge in [-0.05, 0) is 36.3 Å². The van der Waals surface area contributed by atoms with Crippen molar-refractivity contribution in [2.24, 2.45) is 5.92 Å². The summed E-state index contributed by atoms with van der Waals surface area (Å²) in [5, 5.41) is 10.2. The minimum Gasteiger partial charge on any atom is -0.508 e. The van der Waals surface area contributed by atoms with Crippen LogP contribution < -0.4 is 0 Å².